The number of halogens is 1. The van der Waals surface area contributed by atoms with E-state index in [4.69, 9.17) is 15.4 Å². The molecule has 0 spiro atoms. The van der Waals surface area contributed by atoms with Crippen LogP contribution in [0.15, 0.2) is 10.5 Å². The molecule has 0 aromatic heterocycles. The second kappa shape index (κ2) is 6.83. The minimum absolute atomic E-state index is 0.481. The van der Waals surface area contributed by atoms with E-state index < -0.39 is 0 Å². The normalized spacial score (nSPS) is 10.4. The highest BCUT2D eigenvalue weighted by molar-refractivity contribution is 9.10. The Morgan fingerprint density at radius 2 is 1.88 bits per heavy atom. The summed E-state index contributed by atoms with van der Waals surface area (Å²) in [5.74, 6) is 6.56. The van der Waals surface area contributed by atoms with Crippen LogP contribution in [0.3, 0.4) is 0 Å². The Morgan fingerprint density at radius 1 is 1.24 bits per heavy atom. The zero-order chi connectivity index (χ0) is 12.8. The Kier molecular flexibility index (Phi) is 5.74. The molecule has 0 atom stereocenters. The third-order valence-corrected chi connectivity index (χ3v) is 3.23. The van der Waals surface area contributed by atoms with Crippen molar-refractivity contribution in [3.8, 4) is 11.5 Å². The zero-order valence-electron chi connectivity index (χ0n) is 10.4. The van der Waals surface area contributed by atoms with E-state index in [1.54, 1.807) is 14.2 Å². The van der Waals surface area contributed by atoms with Gasteiger partial charge in [0.25, 0.3) is 0 Å². The van der Waals surface area contributed by atoms with Gasteiger partial charge in [0.1, 0.15) is 0 Å². The summed E-state index contributed by atoms with van der Waals surface area (Å²) in [5.41, 5.74) is 2.28. The van der Waals surface area contributed by atoms with Gasteiger partial charge in [-0.15, -0.1) is 0 Å². The van der Waals surface area contributed by atoms with Crippen LogP contribution < -0.4 is 15.4 Å². The summed E-state index contributed by atoms with van der Waals surface area (Å²) in [6.07, 6.45) is 1.62. The standard InChI is InChI=1S/C12H18BrNO3/c1-4-9-8(5-6-17-14)7-10(13)12(16-3)11(9)15-2/h7H,4-6,14H2,1-3H3. The predicted molar refractivity (Wildman–Crippen MR) is 70.5 cm³/mol. The van der Waals surface area contributed by atoms with Crippen LogP contribution in [-0.4, -0.2) is 20.8 Å². The Morgan fingerprint density at radius 3 is 2.35 bits per heavy atom. The Hall–Kier alpha value is -0.780. The van der Waals surface area contributed by atoms with Crippen molar-refractivity contribution < 1.29 is 14.3 Å². The van der Waals surface area contributed by atoms with Gasteiger partial charge in [0.15, 0.2) is 11.5 Å². The average molecular weight is 304 g/mol. The fourth-order valence-electron chi connectivity index (χ4n) is 1.88. The van der Waals surface area contributed by atoms with Crippen LogP contribution in [0.1, 0.15) is 18.1 Å². The molecule has 0 aliphatic carbocycles. The molecule has 1 aromatic carbocycles. The summed E-state index contributed by atoms with van der Waals surface area (Å²) in [5, 5.41) is 0. The summed E-state index contributed by atoms with van der Waals surface area (Å²) in [6.45, 7) is 2.56. The van der Waals surface area contributed by atoms with Crippen molar-refractivity contribution >= 4 is 15.9 Å². The highest BCUT2D eigenvalue weighted by Gasteiger charge is 2.17. The van der Waals surface area contributed by atoms with Crippen LogP contribution >= 0.6 is 15.9 Å². The van der Waals surface area contributed by atoms with Gasteiger partial charge in [-0.25, -0.2) is 5.90 Å². The first-order valence-electron chi connectivity index (χ1n) is 5.43. The van der Waals surface area contributed by atoms with Crippen molar-refractivity contribution in [3.05, 3.63) is 21.7 Å². The minimum Gasteiger partial charge on any atom is -0.493 e. The maximum Gasteiger partial charge on any atom is 0.175 e. The van der Waals surface area contributed by atoms with Gasteiger partial charge in [-0.3, -0.25) is 0 Å². The molecule has 1 aromatic rings. The van der Waals surface area contributed by atoms with Crippen LogP contribution in [0.4, 0.5) is 0 Å². The van der Waals surface area contributed by atoms with Gasteiger partial charge in [0.05, 0.1) is 25.3 Å². The first kappa shape index (κ1) is 14.3. The molecule has 0 fully saturated rings. The van der Waals surface area contributed by atoms with Crippen LogP contribution in [0.2, 0.25) is 0 Å². The number of ether oxygens (including phenoxy) is 2. The summed E-state index contributed by atoms with van der Waals surface area (Å²) >= 11 is 3.48. The summed E-state index contributed by atoms with van der Waals surface area (Å²) < 4.78 is 11.6. The molecule has 96 valence electrons. The number of benzene rings is 1. The number of methoxy groups -OCH3 is 2. The van der Waals surface area contributed by atoms with E-state index in [1.165, 1.54) is 0 Å². The van der Waals surface area contributed by atoms with Crippen molar-refractivity contribution in [2.24, 2.45) is 5.90 Å². The summed E-state index contributed by atoms with van der Waals surface area (Å²) in [7, 11) is 3.28. The van der Waals surface area contributed by atoms with Crippen molar-refractivity contribution in [3.63, 3.8) is 0 Å². The molecule has 5 heteroatoms. The molecule has 2 N–H and O–H groups in total. The van der Waals surface area contributed by atoms with Crippen LogP contribution in [0.25, 0.3) is 0 Å². The fraction of sp³-hybridized carbons (Fsp3) is 0.500. The Bertz CT molecular complexity index is 383. The Labute approximate surface area is 110 Å². The highest BCUT2D eigenvalue weighted by Crippen LogP contribution is 2.40. The topological polar surface area (TPSA) is 53.7 Å². The second-order valence-corrected chi connectivity index (χ2v) is 4.39. The second-order valence-electron chi connectivity index (χ2n) is 3.54. The van der Waals surface area contributed by atoms with Gasteiger partial charge in [0, 0.05) is 5.56 Å². The lowest BCUT2D eigenvalue weighted by molar-refractivity contribution is 0.141. The van der Waals surface area contributed by atoms with Crippen LogP contribution in [0.5, 0.6) is 11.5 Å². The molecular weight excluding hydrogens is 286 g/mol. The largest absolute Gasteiger partial charge is 0.493 e. The van der Waals surface area contributed by atoms with E-state index in [-0.39, 0.29) is 0 Å². The van der Waals surface area contributed by atoms with Crippen molar-refractivity contribution in [1.82, 2.24) is 0 Å². The third-order valence-electron chi connectivity index (χ3n) is 2.64. The number of rotatable bonds is 6. The van der Waals surface area contributed by atoms with E-state index in [1.807, 2.05) is 6.07 Å². The van der Waals surface area contributed by atoms with E-state index in [2.05, 4.69) is 27.7 Å². The SMILES string of the molecule is CCc1c(CCON)cc(Br)c(OC)c1OC. The van der Waals surface area contributed by atoms with E-state index >= 15 is 0 Å². The molecule has 0 radical (unpaired) electrons. The predicted octanol–water partition coefficient (Wildman–Crippen LogP) is 2.46. The molecule has 0 saturated carbocycles. The third kappa shape index (κ3) is 3.12. The first-order chi connectivity index (χ1) is 8.19. The monoisotopic (exact) mass is 303 g/mol. The van der Waals surface area contributed by atoms with E-state index in [0.717, 1.165) is 39.9 Å². The number of hydrogen-bond donors (Lipinski definition) is 1. The maximum atomic E-state index is 5.43. The van der Waals surface area contributed by atoms with Crippen molar-refractivity contribution in [1.29, 1.82) is 0 Å². The van der Waals surface area contributed by atoms with Crippen molar-refractivity contribution in [2.45, 2.75) is 19.8 Å². The number of hydrogen-bond acceptors (Lipinski definition) is 4. The molecule has 4 nitrogen and oxygen atoms in total. The summed E-state index contributed by atoms with van der Waals surface area (Å²) in [4.78, 5) is 4.63. The van der Waals surface area contributed by atoms with Gasteiger partial charge >= 0.3 is 0 Å². The smallest absolute Gasteiger partial charge is 0.175 e. The molecule has 1 rings (SSSR count). The molecule has 0 heterocycles. The van der Waals surface area contributed by atoms with Gasteiger partial charge in [-0.1, -0.05) is 6.92 Å². The molecule has 0 unspecified atom stereocenters. The molecule has 0 aliphatic rings. The number of nitrogens with two attached hydrogens (primary N) is 1. The zero-order valence-corrected chi connectivity index (χ0v) is 12.0. The molecule has 0 amide bonds. The fourth-order valence-corrected chi connectivity index (χ4v) is 2.50. The molecule has 17 heavy (non-hydrogen) atoms. The van der Waals surface area contributed by atoms with Crippen molar-refractivity contribution in [2.75, 3.05) is 20.8 Å². The lowest BCUT2D eigenvalue weighted by Gasteiger charge is -2.17. The highest BCUT2D eigenvalue weighted by atomic mass is 79.9. The van der Waals surface area contributed by atoms with E-state index in [9.17, 15) is 0 Å². The average Bonchev–Trinajstić information content (AvgIpc) is 2.35. The van der Waals surface area contributed by atoms with Gasteiger partial charge in [0.2, 0.25) is 0 Å². The quantitative estimate of drug-likeness (QED) is 0.820. The van der Waals surface area contributed by atoms with Gasteiger partial charge in [-0.2, -0.15) is 0 Å². The van der Waals surface area contributed by atoms with Gasteiger partial charge < -0.3 is 14.3 Å². The van der Waals surface area contributed by atoms with E-state index in [0.29, 0.717) is 6.61 Å². The van der Waals surface area contributed by atoms with Crippen LogP contribution in [-0.2, 0) is 17.7 Å². The van der Waals surface area contributed by atoms with Crippen LogP contribution in [0, 0.1) is 0 Å². The lowest BCUT2D eigenvalue weighted by Crippen LogP contribution is -2.07. The molecule has 0 aliphatic heterocycles. The minimum atomic E-state index is 0.481. The molecule has 0 saturated heterocycles. The first-order valence-corrected chi connectivity index (χ1v) is 6.22. The maximum absolute atomic E-state index is 5.43. The van der Waals surface area contributed by atoms with Gasteiger partial charge in [-0.05, 0) is 40.4 Å². The Balaban J connectivity index is 3.26. The molecular formula is C12H18BrNO3. The summed E-state index contributed by atoms with van der Waals surface area (Å²) in [6, 6.07) is 2.03. The lowest BCUT2D eigenvalue weighted by atomic mass is 10.0. The molecule has 0 bridgehead atoms.